The van der Waals surface area contributed by atoms with Crippen molar-refractivity contribution in [2.24, 2.45) is 0 Å². The lowest BCUT2D eigenvalue weighted by atomic mass is 9.97. The Labute approximate surface area is 126 Å². The lowest BCUT2D eigenvalue weighted by molar-refractivity contribution is 0.00948. The van der Waals surface area contributed by atoms with Gasteiger partial charge >= 0.3 is 6.09 Å². The van der Waals surface area contributed by atoms with E-state index in [0.29, 0.717) is 0 Å². The molecule has 1 fully saturated rings. The van der Waals surface area contributed by atoms with Crippen LogP contribution in [0.25, 0.3) is 0 Å². The van der Waals surface area contributed by atoms with Crippen LogP contribution in [-0.4, -0.2) is 35.2 Å². The summed E-state index contributed by atoms with van der Waals surface area (Å²) in [6, 6.07) is 4.04. The van der Waals surface area contributed by atoms with Gasteiger partial charge in [0.25, 0.3) is 0 Å². The molecular weight excluding hydrogens is 266 g/mol. The van der Waals surface area contributed by atoms with E-state index in [9.17, 15) is 4.79 Å². The molecule has 0 saturated carbocycles. The molecule has 0 bridgehead atoms. The molecule has 2 rings (SSSR count). The van der Waals surface area contributed by atoms with Gasteiger partial charge in [0, 0.05) is 19.8 Å². The lowest BCUT2D eigenvalue weighted by Gasteiger charge is -2.36. The van der Waals surface area contributed by atoms with Crippen LogP contribution < -0.4 is 5.32 Å². The van der Waals surface area contributed by atoms with Crippen molar-refractivity contribution in [3.8, 4) is 0 Å². The van der Waals surface area contributed by atoms with E-state index in [0.717, 1.165) is 37.2 Å². The van der Waals surface area contributed by atoms with Crippen LogP contribution >= 0.6 is 0 Å². The number of carbonyl (C=O) groups excluding carboxylic acids is 1. The second-order valence-corrected chi connectivity index (χ2v) is 6.41. The monoisotopic (exact) mass is 291 g/mol. The quantitative estimate of drug-likeness (QED) is 0.904. The van der Waals surface area contributed by atoms with Gasteiger partial charge in [-0.1, -0.05) is 6.07 Å². The number of piperidine rings is 1. The van der Waals surface area contributed by atoms with Crippen LogP contribution in [0.3, 0.4) is 0 Å². The molecule has 0 spiro atoms. The van der Waals surface area contributed by atoms with Crippen LogP contribution in [0, 0.1) is 0 Å². The Morgan fingerprint density at radius 1 is 1.38 bits per heavy atom. The molecule has 5 nitrogen and oxygen atoms in total. The Balaban J connectivity index is 2.16. The smallest absolute Gasteiger partial charge is 0.410 e. The van der Waals surface area contributed by atoms with Crippen LogP contribution in [0.5, 0.6) is 0 Å². The summed E-state index contributed by atoms with van der Waals surface area (Å²) >= 11 is 0. The maximum Gasteiger partial charge on any atom is 0.410 e. The number of hydrogen-bond donors (Lipinski definition) is 1. The number of carbonyl (C=O) groups is 1. The molecule has 1 amide bonds. The minimum atomic E-state index is -0.465. The topological polar surface area (TPSA) is 54.5 Å². The molecule has 0 aliphatic carbocycles. The van der Waals surface area contributed by atoms with Crippen molar-refractivity contribution in [3.05, 3.63) is 23.9 Å². The minimum Gasteiger partial charge on any atom is -0.444 e. The highest BCUT2D eigenvalue weighted by atomic mass is 16.6. The molecule has 1 aromatic rings. The van der Waals surface area contributed by atoms with Gasteiger partial charge in [-0.2, -0.15) is 0 Å². The molecule has 0 radical (unpaired) electrons. The van der Waals surface area contributed by atoms with E-state index < -0.39 is 5.60 Å². The summed E-state index contributed by atoms with van der Waals surface area (Å²) in [7, 11) is 1.84. The molecule has 0 unspecified atom stereocenters. The van der Waals surface area contributed by atoms with Crippen LogP contribution in [0.15, 0.2) is 18.3 Å². The summed E-state index contributed by atoms with van der Waals surface area (Å²) in [6.45, 7) is 6.43. The van der Waals surface area contributed by atoms with Crippen molar-refractivity contribution >= 4 is 11.9 Å². The number of likely N-dealkylation sites (tertiary alicyclic amines) is 1. The number of ether oxygens (including phenoxy) is 1. The minimum absolute atomic E-state index is 0.0620. The van der Waals surface area contributed by atoms with Crippen LogP contribution in [-0.2, 0) is 4.74 Å². The molecule has 1 N–H and O–H groups in total. The van der Waals surface area contributed by atoms with Crippen molar-refractivity contribution in [1.29, 1.82) is 0 Å². The molecule has 116 valence electrons. The number of pyridine rings is 1. The van der Waals surface area contributed by atoms with Crippen molar-refractivity contribution in [2.45, 2.75) is 51.7 Å². The maximum absolute atomic E-state index is 12.4. The van der Waals surface area contributed by atoms with E-state index >= 15 is 0 Å². The molecule has 21 heavy (non-hydrogen) atoms. The van der Waals surface area contributed by atoms with E-state index in [4.69, 9.17) is 4.74 Å². The largest absolute Gasteiger partial charge is 0.444 e. The zero-order chi connectivity index (χ0) is 15.5. The van der Waals surface area contributed by atoms with Gasteiger partial charge in [-0.15, -0.1) is 0 Å². The Morgan fingerprint density at radius 3 is 2.71 bits per heavy atom. The zero-order valence-electron chi connectivity index (χ0n) is 13.3. The van der Waals surface area contributed by atoms with Crippen molar-refractivity contribution in [1.82, 2.24) is 9.88 Å². The Morgan fingerprint density at radius 2 is 2.14 bits per heavy atom. The average Bonchev–Trinajstić information content (AvgIpc) is 2.45. The predicted octanol–water partition coefficient (Wildman–Crippen LogP) is 3.59. The number of anilines is 1. The summed E-state index contributed by atoms with van der Waals surface area (Å²) in [5.74, 6) is 0.832. The molecule has 1 aliphatic heterocycles. The standard InChI is InChI=1S/C16H25N3O2/c1-16(2,3)21-15(20)19-10-6-5-7-13(19)12-8-9-14(17-4)18-11-12/h8-9,11,13H,5-7,10H2,1-4H3,(H,17,18)/t13-/m0/s1. The third-order valence-corrected chi connectivity index (χ3v) is 3.56. The first-order valence-electron chi connectivity index (χ1n) is 7.54. The first-order chi connectivity index (χ1) is 9.90. The summed E-state index contributed by atoms with van der Waals surface area (Å²) in [6.07, 6.45) is 4.72. The molecule has 0 aromatic carbocycles. The number of aromatic nitrogens is 1. The van der Waals surface area contributed by atoms with Crippen LogP contribution in [0.2, 0.25) is 0 Å². The Hall–Kier alpha value is -1.78. The number of rotatable bonds is 2. The summed E-state index contributed by atoms with van der Waals surface area (Å²) in [4.78, 5) is 18.6. The second-order valence-electron chi connectivity index (χ2n) is 6.41. The highest BCUT2D eigenvalue weighted by Gasteiger charge is 2.31. The summed E-state index contributed by atoms with van der Waals surface area (Å²) in [5.41, 5.74) is 0.604. The van der Waals surface area contributed by atoms with Crippen molar-refractivity contribution in [3.63, 3.8) is 0 Å². The fraction of sp³-hybridized carbons (Fsp3) is 0.625. The first kappa shape index (κ1) is 15.6. The first-order valence-corrected chi connectivity index (χ1v) is 7.54. The van der Waals surface area contributed by atoms with Gasteiger partial charge in [0.2, 0.25) is 0 Å². The summed E-state index contributed by atoms with van der Waals surface area (Å²) < 4.78 is 5.53. The van der Waals surface area contributed by atoms with Gasteiger partial charge in [-0.25, -0.2) is 9.78 Å². The molecule has 1 aromatic heterocycles. The van der Waals surface area contributed by atoms with E-state index in [1.807, 2.05) is 51.0 Å². The van der Waals surface area contributed by atoms with Crippen LogP contribution in [0.1, 0.15) is 51.6 Å². The Kier molecular flexibility index (Phi) is 4.70. The van der Waals surface area contributed by atoms with Crippen molar-refractivity contribution < 1.29 is 9.53 Å². The lowest BCUT2D eigenvalue weighted by Crippen LogP contribution is -2.41. The normalized spacial score (nSPS) is 19.2. The highest BCUT2D eigenvalue weighted by Crippen LogP contribution is 2.32. The number of nitrogens with one attached hydrogen (secondary N) is 1. The number of hydrogen-bond acceptors (Lipinski definition) is 4. The molecule has 1 saturated heterocycles. The third-order valence-electron chi connectivity index (χ3n) is 3.56. The van der Waals surface area contributed by atoms with E-state index in [-0.39, 0.29) is 12.1 Å². The predicted molar refractivity (Wildman–Crippen MR) is 83.3 cm³/mol. The number of nitrogens with zero attached hydrogens (tertiary/aromatic N) is 2. The molecule has 5 heteroatoms. The van der Waals surface area contributed by atoms with Gasteiger partial charge in [-0.05, 0) is 51.7 Å². The third kappa shape index (κ3) is 4.09. The van der Waals surface area contributed by atoms with Gasteiger partial charge in [-0.3, -0.25) is 0 Å². The van der Waals surface area contributed by atoms with Crippen LogP contribution in [0.4, 0.5) is 10.6 Å². The van der Waals surface area contributed by atoms with E-state index in [1.54, 1.807) is 0 Å². The fourth-order valence-corrected chi connectivity index (χ4v) is 2.57. The summed E-state index contributed by atoms with van der Waals surface area (Å²) in [5, 5.41) is 3.01. The maximum atomic E-state index is 12.4. The van der Waals surface area contributed by atoms with Gasteiger partial charge in [0.05, 0.1) is 6.04 Å². The molecule has 2 heterocycles. The van der Waals surface area contributed by atoms with Crippen molar-refractivity contribution in [2.75, 3.05) is 18.9 Å². The second kappa shape index (κ2) is 6.33. The van der Waals surface area contributed by atoms with E-state index in [1.165, 1.54) is 0 Å². The average molecular weight is 291 g/mol. The van der Waals surface area contributed by atoms with E-state index in [2.05, 4.69) is 10.3 Å². The Bertz CT molecular complexity index is 479. The highest BCUT2D eigenvalue weighted by molar-refractivity contribution is 5.69. The van der Waals surface area contributed by atoms with Gasteiger partial charge < -0.3 is 15.0 Å². The fourth-order valence-electron chi connectivity index (χ4n) is 2.57. The van der Waals surface area contributed by atoms with Gasteiger partial charge in [0.15, 0.2) is 0 Å². The molecule has 1 atom stereocenters. The van der Waals surface area contributed by atoms with Gasteiger partial charge in [0.1, 0.15) is 11.4 Å². The molecular formula is C16H25N3O2. The zero-order valence-corrected chi connectivity index (χ0v) is 13.3. The SMILES string of the molecule is CNc1ccc([C@@H]2CCCCN2C(=O)OC(C)(C)C)cn1. The molecule has 1 aliphatic rings. The number of amides is 1.